The summed E-state index contributed by atoms with van der Waals surface area (Å²) in [5, 5.41) is 9.90. The van der Waals surface area contributed by atoms with Gasteiger partial charge in [-0.3, -0.25) is 20.3 Å². The van der Waals surface area contributed by atoms with E-state index in [0.717, 1.165) is 55.1 Å². The van der Waals surface area contributed by atoms with Crippen LogP contribution in [0.4, 0.5) is 11.4 Å². The lowest BCUT2D eigenvalue weighted by Gasteiger charge is -2.34. The summed E-state index contributed by atoms with van der Waals surface area (Å²) in [6, 6.07) is 10.3. The van der Waals surface area contributed by atoms with E-state index in [1.807, 2.05) is 33.8 Å². The van der Waals surface area contributed by atoms with Crippen molar-refractivity contribution in [2.45, 2.75) is 32.2 Å². The van der Waals surface area contributed by atoms with E-state index in [0.29, 0.717) is 24.1 Å². The minimum absolute atomic E-state index is 0.00769. The second-order valence-corrected chi connectivity index (χ2v) is 9.45. The average Bonchev–Trinajstić information content (AvgIpc) is 3.45. The first kappa shape index (κ1) is 21.0. The van der Waals surface area contributed by atoms with Gasteiger partial charge in [0.25, 0.3) is 5.56 Å². The van der Waals surface area contributed by atoms with Gasteiger partial charge in [0.1, 0.15) is 5.69 Å². The van der Waals surface area contributed by atoms with Gasteiger partial charge in [-0.25, -0.2) is 9.36 Å². The maximum atomic E-state index is 13.6. The van der Waals surface area contributed by atoms with Crippen molar-refractivity contribution < 1.29 is 4.74 Å². The van der Waals surface area contributed by atoms with E-state index >= 15 is 0 Å². The number of nitrogens with zero attached hydrogens (tertiary/aromatic N) is 4. The van der Waals surface area contributed by atoms with Crippen LogP contribution >= 0.6 is 0 Å². The summed E-state index contributed by atoms with van der Waals surface area (Å²) in [5.74, 6) is 0.691. The van der Waals surface area contributed by atoms with Crippen molar-refractivity contribution >= 4 is 17.1 Å². The molecule has 8 nitrogen and oxygen atoms in total. The van der Waals surface area contributed by atoms with Gasteiger partial charge in [0.2, 0.25) is 0 Å². The summed E-state index contributed by atoms with van der Waals surface area (Å²) in [6.07, 6.45) is 13.0. The predicted molar refractivity (Wildman–Crippen MR) is 133 cm³/mol. The van der Waals surface area contributed by atoms with E-state index < -0.39 is 0 Å². The van der Waals surface area contributed by atoms with Crippen LogP contribution in [0.25, 0.3) is 17.0 Å². The Morgan fingerprint density at radius 2 is 2.06 bits per heavy atom. The number of ether oxygens (including phenoxy) is 1. The van der Waals surface area contributed by atoms with E-state index in [1.54, 1.807) is 6.20 Å². The van der Waals surface area contributed by atoms with Crippen molar-refractivity contribution in [2.24, 2.45) is 11.8 Å². The first-order chi connectivity index (χ1) is 16.7. The molecular formula is C26H30N6O2. The van der Waals surface area contributed by atoms with Crippen molar-refractivity contribution in [2.75, 3.05) is 30.2 Å². The molecule has 0 bridgehead atoms. The Morgan fingerprint density at radius 1 is 1.18 bits per heavy atom. The molecular weight excluding hydrogens is 428 g/mol. The highest BCUT2D eigenvalue weighted by atomic mass is 16.5. The van der Waals surface area contributed by atoms with Crippen LogP contribution in [0.5, 0.6) is 0 Å². The number of rotatable bonds is 4. The van der Waals surface area contributed by atoms with Gasteiger partial charge in [0.15, 0.2) is 0 Å². The molecule has 6 rings (SSSR count). The normalized spacial score (nSPS) is 24.1. The van der Waals surface area contributed by atoms with Crippen LogP contribution in [0.15, 0.2) is 65.7 Å². The Hall–Kier alpha value is -3.52. The number of anilines is 2. The lowest BCUT2D eigenvalue weighted by atomic mass is 9.97. The number of H-pyrrole nitrogens is 1. The summed E-state index contributed by atoms with van der Waals surface area (Å²) in [7, 11) is 0. The molecule has 2 aliphatic heterocycles. The molecule has 1 aliphatic carbocycles. The molecule has 176 valence electrons. The van der Waals surface area contributed by atoms with Gasteiger partial charge in [-0.05, 0) is 43.4 Å². The molecule has 34 heavy (non-hydrogen) atoms. The molecule has 1 fully saturated rings. The summed E-state index contributed by atoms with van der Waals surface area (Å²) in [5.41, 5.74) is 8.19. The van der Waals surface area contributed by atoms with Crippen LogP contribution in [-0.4, -0.2) is 39.3 Å². The third kappa shape index (κ3) is 3.68. The Kier molecular flexibility index (Phi) is 5.37. The van der Waals surface area contributed by atoms with Crippen molar-refractivity contribution in [3.8, 4) is 11.3 Å². The number of hydrazine groups is 1. The zero-order valence-corrected chi connectivity index (χ0v) is 19.4. The van der Waals surface area contributed by atoms with Gasteiger partial charge >= 0.3 is 0 Å². The second-order valence-electron chi connectivity index (χ2n) is 9.45. The number of hydrogen-bond donors (Lipinski definition) is 2. The largest absolute Gasteiger partial charge is 0.381 e. The summed E-state index contributed by atoms with van der Waals surface area (Å²) in [6.45, 7) is 4.41. The maximum Gasteiger partial charge on any atom is 0.292 e. The Labute approximate surface area is 198 Å². The number of fused-ring (bicyclic) bond motifs is 3. The highest BCUT2D eigenvalue weighted by molar-refractivity contribution is 5.88. The molecule has 4 heterocycles. The number of aromatic nitrogens is 4. The molecule has 1 saturated heterocycles. The van der Waals surface area contributed by atoms with Crippen LogP contribution in [0, 0.1) is 11.8 Å². The van der Waals surface area contributed by atoms with Gasteiger partial charge in [0.05, 0.1) is 23.1 Å². The van der Waals surface area contributed by atoms with Gasteiger partial charge in [-0.1, -0.05) is 37.3 Å². The minimum Gasteiger partial charge on any atom is -0.381 e. The van der Waals surface area contributed by atoms with Gasteiger partial charge in [-0.2, -0.15) is 5.10 Å². The van der Waals surface area contributed by atoms with Crippen LogP contribution in [0.2, 0.25) is 0 Å². The number of benzene rings is 1. The van der Waals surface area contributed by atoms with Crippen molar-refractivity contribution in [1.82, 2.24) is 19.6 Å². The maximum absolute atomic E-state index is 13.6. The summed E-state index contributed by atoms with van der Waals surface area (Å²) < 4.78 is 9.39. The van der Waals surface area contributed by atoms with Crippen LogP contribution in [0.3, 0.4) is 0 Å². The number of allylic oxidation sites excluding steroid dienone is 3. The third-order valence-electron chi connectivity index (χ3n) is 7.24. The van der Waals surface area contributed by atoms with E-state index in [-0.39, 0.29) is 11.6 Å². The monoisotopic (exact) mass is 458 g/mol. The van der Waals surface area contributed by atoms with Crippen molar-refractivity contribution in [3.05, 3.63) is 71.3 Å². The smallest absolute Gasteiger partial charge is 0.292 e. The number of nitrogens with one attached hydrogen (secondary N) is 2. The van der Waals surface area contributed by atoms with Crippen LogP contribution < -0.4 is 16.0 Å². The SMILES string of the molecule is CC1CCOCCC1n1[nH]c2c(c1=O)NN(CC1C=CC(n3cccn3)=CC1)c1ccccc1-2. The van der Waals surface area contributed by atoms with E-state index in [1.165, 1.54) is 0 Å². The molecule has 3 atom stereocenters. The molecule has 3 aliphatic rings. The molecule has 1 aromatic carbocycles. The van der Waals surface area contributed by atoms with Crippen LogP contribution in [0.1, 0.15) is 32.2 Å². The standard InChI is InChI=1S/C26H30N6O2/c1-18-11-15-34-16-12-22(18)32-26(33)25-24(29-32)21-5-2-3-6-23(21)31(28-25)17-19-7-9-20(10-8-19)30-14-4-13-27-30/h2-7,9-10,13-14,18-19,22,28-29H,8,11-12,15-17H2,1H3. The fourth-order valence-corrected chi connectivity index (χ4v) is 5.30. The highest BCUT2D eigenvalue weighted by Crippen LogP contribution is 2.39. The molecule has 0 saturated carbocycles. The molecule has 3 aromatic rings. The molecule has 0 radical (unpaired) electrons. The first-order valence-electron chi connectivity index (χ1n) is 12.1. The van der Waals surface area contributed by atoms with Crippen LogP contribution in [-0.2, 0) is 4.74 Å². The Bertz CT molecular complexity index is 1280. The second kappa shape index (κ2) is 8.68. The Morgan fingerprint density at radius 3 is 2.88 bits per heavy atom. The van der Waals surface area contributed by atoms with Gasteiger partial charge < -0.3 is 4.74 Å². The highest BCUT2D eigenvalue weighted by Gasteiger charge is 2.31. The molecule has 3 unspecified atom stereocenters. The Balaban J connectivity index is 1.28. The van der Waals surface area contributed by atoms with E-state index in [4.69, 9.17) is 4.74 Å². The number of aromatic amines is 1. The minimum atomic E-state index is 0.00769. The fourth-order valence-electron chi connectivity index (χ4n) is 5.30. The lowest BCUT2D eigenvalue weighted by Crippen LogP contribution is -2.39. The van der Waals surface area contributed by atoms with Crippen molar-refractivity contribution in [3.63, 3.8) is 0 Å². The van der Waals surface area contributed by atoms with Gasteiger partial charge in [-0.15, -0.1) is 0 Å². The molecule has 0 amide bonds. The molecule has 2 N–H and O–H groups in total. The zero-order valence-electron chi connectivity index (χ0n) is 19.4. The number of para-hydroxylation sites is 1. The summed E-state index contributed by atoms with van der Waals surface area (Å²) >= 11 is 0. The summed E-state index contributed by atoms with van der Waals surface area (Å²) in [4.78, 5) is 13.6. The number of hydrogen-bond acceptors (Lipinski definition) is 5. The zero-order chi connectivity index (χ0) is 23.1. The molecule has 2 aromatic heterocycles. The lowest BCUT2D eigenvalue weighted by molar-refractivity contribution is 0.140. The quantitative estimate of drug-likeness (QED) is 0.610. The first-order valence-corrected chi connectivity index (χ1v) is 12.1. The molecule has 0 spiro atoms. The average molecular weight is 459 g/mol. The van der Waals surface area contributed by atoms with E-state index in [2.05, 4.69) is 57.9 Å². The van der Waals surface area contributed by atoms with E-state index in [9.17, 15) is 4.79 Å². The molecule has 8 heteroatoms. The van der Waals surface area contributed by atoms with Gasteiger partial charge in [0, 0.05) is 43.6 Å². The van der Waals surface area contributed by atoms with Crippen molar-refractivity contribution in [1.29, 1.82) is 0 Å². The fraction of sp³-hybridized carbons (Fsp3) is 0.385. The predicted octanol–water partition coefficient (Wildman–Crippen LogP) is 4.29. The topological polar surface area (TPSA) is 80.1 Å². The third-order valence-corrected chi connectivity index (χ3v) is 7.24.